The van der Waals surface area contributed by atoms with Crippen molar-refractivity contribution in [1.82, 2.24) is 0 Å². The van der Waals surface area contributed by atoms with Gasteiger partial charge in [0.15, 0.2) is 0 Å². The summed E-state index contributed by atoms with van der Waals surface area (Å²) in [5.41, 5.74) is 1.81. The van der Waals surface area contributed by atoms with Crippen molar-refractivity contribution in [2.24, 2.45) is 11.8 Å². The number of hydrogen-bond donors (Lipinski definition) is 2. The highest BCUT2D eigenvalue weighted by atomic mass is 16.5. The molecule has 1 fully saturated rings. The molecule has 0 saturated carbocycles. The monoisotopic (exact) mass is 287 g/mol. The molecule has 2 heterocycles. The van der Waals surface area contributed by atoms with E-state index in [1.54, 1.807) is 18.2 Å². The molecular weight excluding hydrogens is 270 g/mol. The Balaban J connectivity index is 1.78. The zero-order valence-electron chi connectivity index (χ0n) is 11.7. The number of fused-ring (bicyclic) bond motifs is 2. The molecule has 5 nitrogen and oxygen atoms in total. The molecule has 5 heteroatoms. The van der Waals surface area contributed by atoms with E-state index in [0.29, 0.717) is 5.69 Å². The van der Waals surface area contributed by atoms with Crippen molar-refractivity contribution in [3.8, 4) is 0 Å². The van der Waals surface area contributed by atoms with Crippen LogP contribution >= 0.6 is 0 Å². The summed E-state index contributed by atoms with van der Waals surface area (Å²) in [7, 11) is 0. The fourth-order valence-corrected chi connectivity index (χ4v) is 3.01. The topological polar surface area (TPSA) is 75.6 Å². The molecule has 1 amide bonds. The standard InChI is InChI=1S/C16H17NO4/c1-2-9-4-3-5-10(8-9)17-15(18)13-11-6-7-12(21-11)14(13)16(19)20/h3-8,11-14H,2H2,1H3,(H,17,18)(H,19,20)/t11-,12-,13+,14-/m0/s1. The Morgan fingerprint density at radius 3 is 2.62 bits per heavy atom. The van der Waals surface area contributed by atoms with E-state index >= 15 is 0 Å². The van der Waals surface area contributed by atoms with Gasteiger partial charge in [-0.25, -0.2) is 0 Å². The van der Waals surface area contributed by atoms with Crippen molar-refractivity contribution in [2.75, 3.05) is 5.32 Å². The molecule has 4 atom stereocenters. The van der Waals surface area contributed by atoms with Gasteiger partial charge >= 0.3 is 5.97 Å². The fourth-order valence-electron chi connectivity index (χ4n) is 3.01. The Kier molecular flexibility index (Phi) is 3.51. The van der Waals surface area contributed by atoms with Crippen molar-refractivity contribution in [3.05, 3.63) is 42.0 Å². The van der Waals surface area contributed by atoms with Crippen LogP contribution < -0.4 is 5.32 Å². The highest BCUT2D eigenvalue weighted by Crippen LogP contribution is 2.39. The Morgan fingerprint density at radius 2 is 1.95 bits per heavy atom. The Hall–Kier alpha value is -2.14. The molecule has 0 unspecified atom stereocenters. The van der Waals surface area contributed by atoms with Gasteiger partial charge in [0.2, 0.25) is 5.91 Å². The van der Waals surface area contributed by atoms with Crippen LogP contribution in [-0.2, 0) is 20.7 Å². The molecular formula is C16H17NO4. The van der Waals surface area contributed by atoms with E-state index in [1.807, 2.05) is 25.1 Å². The second kappa shape index (κ2) is 5.33. The Bertz CT molecular complexity index is 610. The van der Waals surface area contributed by atoms with Gasteiger partial charge in [-0.1, -0.05) is 31.2 Å². The zero-order chi connectivity index (χ0) is 15.0. The molecule has 0 radical (unpaired) electrons. The molecule has 1 aromatic rings. The second-order valence-corrected chi connectivity index (χ2v) is 5.38. The summed E-state index contributed by atoms with van der Waals surface area (Å²) in [5, 5.41) is 12.1. The Morgan fingerprint density at radius 1 is 1.24 bits per heavy atom. The number of nitrogens with one attached hydrogen (secondary N) is 1. The van der Waals surface area contributed by atoms with E-state index in [9.17, 15) is 14.7 Å². The highest BCUT2D eigenvalue weighted by Gasteiger charge is 2.53. The van der Waals surface area contributed by atoms with Gasteiger partial charge in [-0.2, -0.15) is 0 Å². The first-order valence-electron chi connectivity index (χ1n) is 7.06. The summed E-state index contributed by atoms with van der Waals surface area (Å²) in [5.74, 6) is -2.78. The highest BCUT2D eigenvalue weighted by molar-refractivity contribution is 5.96. The number of anilines is 1. The maximum Gasteiger partial charge on any atom is 0.310 e. The normalized spacial score (nSPS) is 29.6. The lowest BCUT2D eigenvalue weighted by Crippen LogP contribution is -2.39. The number of ether oxygens (including phenoxy) is 1. The molecule has 2 bridgehead atoms. The number of carboxylic acids is 1. The zero-order valence-corrected chi connectivity index (χ0v) is 11.7. The lowest BCUT2D eigenvalue weighted by Gasteiger charge is -2.21. The van der Waals surface area contributed by atoms with Gasteiger partial charge in [-0.3, -0.25) is 9.59 Å². The van der Waals surface area contributed by atoms with E-state index in [4.69, 9.17) is 4.74 Å². The molecule has 0 aliphatic carbocycles. The van der Waals surface area contributed by atoms with Gasteiger partial charge in [0.1, 0.15) is 5.92 Å². The number of rotatable bonds is 4. The molecule has 1 saturated heterocycles. The summed E-state index contributed by atoms with van der Waals surface area (Å²) in [4.78, 5) is 23.8. The average Bonchev–Trinajstić information content (AvgIpc) is 3.07. The predicted octanol–water partition coefficient (Wildman–Crippen LogP) is 1.84. The number of amides is 1. The van der Waals surface area contributed by atoms with Crippen LogP contribution in [0.4, 0.5) is 5.69 Å². The maximum absolute atomic E-state index is 12.4. The van der Waals surface area contributed by atoms with Crippen molar-refractivity contribution in [3.63, 3.8) is 0 Å². The SMILES string of the molecule is CCc1cccc(NC(=O)[C@H]2[C@@H](C(=O)O)[C@@H]3C=C[C@@H]2O3)c1. The molecule has 2 aliphatic heterocycles. The molecule has 0 spiro atoms. The summed E-state index contributed by atoms with van der Waals surface area (Å²) >= 11 is 0. The number of carboxylic acid groups (broad SMARTS) is 1. The van der Waals surface area contributed by atoms with Crippen LogP contribution in [0.25, 0.3) is 0 Å². The van der Waals surface area contributed by atoms with Gasteiger partial charge in [0.05, 0.1) is 18.1 Å². The molecule has 0 aromatic heterocycles. The average molecular weight is 287 g/mol. The van der Waals surface area contributed by atoms with Crippen LogP contribution in [0.2, 0.25) is 0 Å². The first-order valence-corrected chi connectivity index (χ1v) is 7.06. The lowest BCUT2D eigenvalue weighted by atomic mass is 9.82. The smallest absolute Gasteiger partial charge is 0.310 e. The van der Waals surface area contributed by atoms with Gasteiger partial charge in [0.25, 0.3) is 0 Å². The third-order valence-corrected chi connectivity index (χ3v) is 4.09. The molecule has 110 valence electrons. The molecule has 21 heavy (non-hydrogen) atoms. The summed E-state index contributed by atoms with van der Waals surface area (Å²) in [6.07, 6.45) is 3.44. The molecule has 1 aromatic carbocycles. The largest absolute Gasteiger partial charge is 0.481 e. The van der Waals surface area contributed by atoms with E-state index < -0.39 is 30.0 Å². The number of aliphatic carboxylic acids is 1. The third kappa shape index (κ3) is 2.45. The van der Waals surface area contributed by atoms with E-state index in [-0.39, 0.29) is 5.91 Å². The maximum atomic E-state index is 12.4. The molecule has 2 N–H and O–H groups in total. The first kappa shape index (κ1) is 13.8. The van der Waals surface area contributed by atoms with Crippen molar-refractivity contribution < 1.29 is 19.4 Å². The van der Waals surface area contributed by atoms with Gasteiger partial charge in [-0.15, -0.1) is 0 Å². The van der Waals surface area contributed by atoms with Gasteiger partial charge in [-0.05, 0) is 24.1 Å². The third-order valence-electron chi connectivity index (χ3n) is 4.09. The van der Waals surface area contributed by atoms with Gasteiger partial charge in [0, 0.05) is 5.69 Å². The van der Waals surface area contributed by atoms with Crippen LogP contribution in [0.3, 0.4) is 0 Å². The van der Waals surface area contributed by atoms with Gasteiger partial charge < -0.3 is 15.2 Å². The van der Waals surface area contributed by atoms with Crippen LogP contribution in [0.1, 0.15) is 12.5 Å². The molecule has 3 rings (SSSR count). The quantitative estimate of drug-likeness (QED) is 0.829. The minimum absolute atomic E-state index is 0.299. The fraction of sp³-hybridized carbons (Fsp3) is 0.375. The summed E-state index contributed by atoms with van der Waals surface area (Å²) in [6.45, 7) is 2.04. The number of carbonyl (C=O) groups is 2. The minimum atomic E-state index is -0.991. The first-order chi connectivity index (χ1) is 10.1. The van der Waals surface area contributed by atoms with Crippen LogP contribution in [-0.4, -0.2) is 29.2 Å². The predicted molar refractivity (Wildman–Crippen MR) is 76.9 cm³/mol. The van der Waals surface area contributed by atoms with E-state index in [1.165, 1.54) is 0 Å². The lowest BCUT2D eigenvalue weighted by molar-refractivity contribution is -0.145. The molecule has 2 aliphatic rings. The van der Waals surface area contributed by atoms with Crippen LogP contribution in [0.5, 0.6) is 0 Å². The van der Waals surface area contributed by atoms with E-state index in [2.05, 4.69) is 5.32 Å². The van der Waals surface area contributed by atoms with Crippen molar-refractivity contribution >= 4 is 17.6 Å². The number of benzene rings is 1. The number of hydrogen-bond acceptors (Lipinski definition) is 3. The Labute approximate surface area is 122 Å². The van der Waals surface area contributed by atoms with Crippen LogP contribution in [0.15, 0.2) is 36.4 Å². The van der Waals surface area contributed by atoms with Crippen LogP contribution in [0, 0.1) is 11.8 Å². The summed E-state index contributed by atoms with van der Waals surface area (Å²) in [6, 6.07) is 7.56. The number of carbonyl (C=O) groups excluding carboxylic acids is 1. The second-order valence-electron chi connectivity index (χ2n) is 5.38. The van der Waals surface area contributed by atoms with E-state index in [0.717, 1.165) is 12.0 Å². The minimum Gasteiger partial charge on any atom is -0.481 e. The van der Waals surface area contributed by atoms with Crippen molar-refractivity contribution in [1.29, 1.82) is 0 Å². The summed E-state index contributed by atoms with van der Waals surface area (Å²) < 4.78 is 5.51. The van der Waals surface area contributed by atoms with Crippen molar-refractivity contribution in [2.45, 2.75) is 25.6 Å². The number of aryl methyl sites for hydroxylation is 1.